The predicted molar refractivity (Wildman–Crippen MR) is 193 cm³/mol. The fourth-order valence-corrected chi connectivity index (χ4v) is 6.40. The van der Waals surface area contributed by atoms with Gasteiger partial charge < -0.3 is 70.4 Å². The van der Waals surface area contributed by atoms with Crippen LogP contribution >= 0.6 is 0 Å². The van der Waals surface area contributed by atoms with Crippen molar-refractivity contribution in [3.05, 3.63) is 46.5 Å². The van der Waals surface area contributed by atoms with Crippen molar-refractivity contribution in [1.82, 2.24) is 9.80 Å². The van der Waals surface area contributed by atoms with Gasteiger partial charge in [-0.15, -0.1) is 0 Å². The molecule has 2 saturated heterocycles. The number of fused-ring (bicyclic) bond motifs is 2. The van der Waals surface area contributed by atoms with E-state index in [4.69, 9.17) is 30.2 Å². The number of carbonyl (C=O) groups excluding carboxylic acids is 2. The molecule has 0 radical (unpaired) electrons. The molecule has 0 aromatic heterocycles. The van der Waals surface area contributed by atoms with Gasteiger partial charge in [0.2, 0.25) is 11.8 Å². The number of carboxylic acids is 2. The quantitative estimate of drug-likeness (QED) is 0.104. The Hall–Kier alpha value is -2.59. The summed E-state index contributed by atoms with van der Waals surface area (Å²) in [5.74, 6) is -2.87. The summed E-state index contributed by atoms with van der Waals surface area (Å²) in [6.07, 6.45) is -0.147. The summed E-state index contributed by atoms with van der Waals surface area (Å²) in [6, 6.07) is 5.21. The molecule has 4 aliphatic heterocycles. The minimum absolute atomic E-state index is 0. The number of ether oxygens (including phenoxy) is 2. The number of aromatic carboxylic acids is 2. The molecule has 18 nitrogen and oxygen atoms in total. The third kappa shape index (κ3) is 10.9. The third-order valence-corrected chi connectivity index (χ3v) is 9.94. The molecule has 4 aliphatic rings. The molecule has 2 aromatic rings. The maximum absolute atomic E-state index is 12.2. The number of carbonyl (C=O) groups is 4. The van der Waals surface area contributed by atoms with Crippen LogP contribution in [-0.2, 0) is 22.4 Å². The van der Waals surface area contributed by atoms with Crippen molar-refractivity contribution < 1.29 is 127 Å². The zero-order valence-corrected chi connectivity index (χ0v) is 36.6. The average Bonchev–Trinajstić information content (AvgIpc) is 3.04. The van der Waals surface area contributed by atoms with E-state index in [1.807, 2.05) is 27.7 Å². The molecule has 2 atom stereocenters. The molecule has 22 heteroatoms. The van der Waals surface area contributed by atoms with Crippen LogP contribution in [0.5, 0.6) is 23.0 Å². The average molecular weight is 804 g/mol. The van der Waals surface area contributed by atoms with E-state index >= 15 is 0 Å². The van der Waals surface area contributed by atoms with Gasteiger partial charge in [-0.2, -0.15) is 0 Å². The van der Waals surface area contributed by atoms with E-state index < -0.39 is 37.5 Å². The summed E-state index contributed by atoms with van der Waals surface area (Å²) in [4.78, 5) is 51.0. The second-order valence-electron chi connectivity index (χ2n) is 15.0. The first-order valence-electron chi connectivity index (χ1n) is 18.0. The standard InChI is InChI=1S/2C17H24BN2O7.2Na/c2*1-9(2)14(19)16(21)20-7-11(8-20)26-12-4-3-10-5-6-18(24,25)27-15(10)13(12)17(22)23;;/h2*3-4,9,11,14,24-25H,5-8,19H2,1-2H3,(H,22,23);;/q2*-1;2*+1/t2*14-;;/m11../s1. The number of aryl methyl sites for hydroxylation is 2. The van der Waals surface area contributed by atoms with Crippen LogP contribution in [0.25, 0.3) is 0 Å². The van der Waals surface area contributed by atoms with Gasteiger partial charge in [0.05, 0.1) is 49.8 Å². The number of hydrogen-bond acceptors (Lipinski definition) is 14. The van der Waals surface area contributed by atoms with Crippen molar-refractivity contribution in [3.63, 3.8) is 0 Å². The summed E-state index contributed by atoms with van der Waals surface area (Å²) < 4.78 is 21.8. The summed E-state index contributed by atoms with van der Waals surface area (Å²) >= 11 is 0. The van der Waals surface area contributed by atoms with E-state index in [0.717, 1.165) is 0 Å². The summed E-state index contributed by atoms with van der Waals surface area (Å²) in [6.45, 7) is 2.53. The van der Waals surface area contributed by atoms with Crippen molar-refractivity contribution in [2.75, 3.05) is 26.2 Å². The zero-order valence-electron chi connectivity index (χ0n) is 32.6. The molecule has 0 saturated carbocycles. The Bertz CT molecular complexity index is 1660. The largest absolute Gasteiger partial charge is 1.00 e. The molecule has 6 rings (SSSR count). The van der Waals surface area contributed by atoms with Crippen molar-refractivity contribution in [1.29, 1.82) is 0 Å². The van der Waals surface area contributed by atoms with Crippen molar-refractivity contribution >= 4 is 37.3 Å². The molecular weight excluding hydrogens is 756 g/mol. The van der Waals surface area contributed by atoms with Gasteiger partial charge in [-0.3, -0.25) is 9.59 Å². The number of carboxylic acid groups (broad SMARTS) is 2. The van der Waals surface area contributed by atoms with Gasteiger partial charge in [0, 0.05) is 0 Å². The first-order chi connectivity index (χ1) is 25.2. The van der Waals surface area contributed by atoms with E-state index in [9.17, 15) is 49.5 Å². The van der Waals surface area contributed by atoms with Gasteiger partial charge in [-0.1, -0.05) is 52.5 Å². The number of benzene rings is 2. The smallest absolute Gasteiger partial charge is 0.669 e. The molecule has 2 amide bonds. The molecule has 0 spiro atoms. The van der Waals surface area contributed by atoms with Crippen LogP contribution < -0.4 is 89.4 Å². The van der Waals surface area contributed by atoms with Crippen LogP contribution in [0.1, 0.15) is 59.5 Å². The Morgan fingerprint density at radius 2 is 0.982 bits per heavy atom. The van der Waals surface area contributed by atoms with Gasteiger partial charge in [-0.05, 0) is 47.9 Å². The number of nitrogens with zero attached hydrogens (tertiary/aromatic N) is 2. The zero-order chi connectivity index (χ0) is 39.9. The normalized spacial score (nSPS) is 19.0. The molecular formula is C34H48B2N4Na2O14. The van der Waals surface area contributed by atoms with Gasteiger partial charge in [0.1, 0.15) is 34.8 Å². The SMILES string of the molecule is CC(C)[C@@H](N)C(=O)N1CC(Oc2ccc3c(c2C(=O)O)O[B-](O)(O)CC3)C1.CC(C)[C@@H](N)C(=O)N1CC(Oc2ccc3c(c2C(=O)O)O[B-](O)(O)CC3)C1.[Na+].[Na+]. The van der Waals surface area contributed by atoms with E-state index in [1.165, 1.54) is 12.1 Å². The number of hydrogen-bond donors (Lipinski definition) is 8. The number of amides is 2. The van der Waals surface area contributed by atoms with Crippen LogP contribution in [0.4, 0.5) is 0 Å². The van der Waals surface area contributed by atoms with Crippen LogP contribution in [0.15, 0.2) is 24.3 Å². The first-order valence-corrected chi connectivity index (χ1v) is 18.0. The fraction of sp³-hybridized carbons (Fsp3) is 0.529. The molecule has 2 aromatic carbocycles. The first kappa shape index (κ1) is 47.8. The Morgan fingerprint density at radius 1 is 0.661 bits per heavy atom. The van der Waals surface area contributed by atoms with Crippen LogP contribution in [0.2, 0.25) is 12.6 Å². The minimum Gasteiger partial charge on any atom is -0.669 e. The third-order valence-electron chi connectivity index (χ3n) is 9.94. The van der Waals surface area contributed by atoms with Gasteiger partial charge in [-0.25, -0.2) is 9.59 Å². The summed E-state index contributed by atoms with van der Waals surface area (Å²) in [7, 11) is 0. The van der Waals surface area contributed by atoms with Crippen LogP contribution in [0.3, 0.4) is 0 Å². The van der Waals surface area contributed by atoms with Crippen molar-refractivity contribution in [2.45, 2.75) is 77.5 Å². The molecule has 296 valence electrons. The topological polar surface area (TPSA) is 285 Å². The van der Waals surface area contributed by atoms with E-state index in [1.54, 1.807) is 21.9 Å². The monoisotopic (exact) mass is 804 g/mol. The Kier molecular flexibility index (Phi) is 16.2. The van der Waals surface area contributed by atoms with E-state index in [2.05, 4.69) is 0 Å². The van der Waals surface area contributed by atoms with Gasteiger partial charge in [0.15, 0.2) is 0 Å². The molecule has 2 fully saturated rings. The number of rotatable bonds is 10. The molecule has 0 unspecified atom stereocenters. The van der Waals surface area contributed by atoms with E-state index in [0.29, 0.717) is 50.1 Å². The summed E-state index contributed by atoms with van der Waals surface area (Å²) in [5.41, 5.74) is 12.4. The molecule has 0 aliphatic carbocycles. The van der Waals surface area contributed by atoms with Gasteiger partial charge in [0.25, 0.3) is 0 Å². The van der Waals surface area contributed by atoms with Crippen molar-refractivity contribution in [2.24, 2.45) is 23.3 Å². The molecule has 4 heterocycles. The van der Waals surface area contributed by atoms with Crippen molar-refractivity contribution in [3.8, 4) is 23.0 Å². The maximum Gasteiger partial charge on any atom is 1.00 e. The predicted octanol–water partition coefficient (Wildman–Crippen LogP) is -6.36. The Balaban J connectivity index is 0.000000290. The second kappa shape index (κ2) is 19.0. The summed E-state index contributed by atoms with van der Waals surface area (Å²) in [5, 5.41) is 58.2. The number of likely N-dealkylation sites (tertiary alicyclic amines) is 2. The van der Waals surface area contributed by atoms with Crippen LogP contribution in [0, 0.1) is 11.8 Å². The van der Waals surface area contributed by atoms with E-state index in [-0.39, 0.29) is 142 Å². The molecule has 0 bridgehead atoms. The van der Waals surface area contributed by atoms with Gasteiger partial charge >= 0.3 is 84.6 Å². The van der Waals surface area contributed by atoms with Crippen LogP contribution in [-0.4, -0.2) is 128 Å². The minimum atomic E-state index is -3.09. The maximum atomic E-state index is 12.2. The second-order valence-corrected chi connectivity index (χ2v) is 15.0. The Morgan fingerprint density at radius 3 is 1.27 bits per heavy atom. The Labute approximate surface area is 368 Å². The fourth-order valence-electron chi connectivity index (χ4n) is 6.40. The molecule has 10 N–H and O–H groups in total. The molecule has 56 heavy (non-hydrogen) atoms. The number of nitrogens with two attached hydrogens (primary N) is 2.